The quantitative estimate of drug-likeness (QED) is 0.869. The lowest BCUT2D eigenvalue weighted by atomic mass is 10.0. The van der Waals surface area contributed by atoms with E-state index < -0.39 is 0 Å². The molecular weight excluding hydrogens is 214 g/mol. The summed E-state index contributed by atoms with van der Waals surface area (Å²) in [6.45, 7) is 3.86. The molecule has 2 unspecified atom stereocenters. The molecule has 1 aliphatic rings. The first-order valence-electron chi connectivity index (χ1n) is 6.26. The third-order valence-corrected chi connectivity index (χ3v) is 3.26. The third-order valence-electron chi connectivity index (χ3n) is 3.26. The number of methoxy groups -OCH3 is 1. The number of para-hydroxylation sites is 1. The topological polar surface area (TPSA) is 30.5 Å². The van der Waals surface area contributed by atoms with E-state index in [4.69, 9.17) is 9.47 Å². The van der Waals surface area contributed by atoms with Crippen molar-refractivity contribution in [3.8, 4) is 5.75 Å². The van der Waals surface area contributed by atoms with Gasteiger partial charge in [0.2, 0.25) is 0 Å². The molecule has 1 aromatic carbocycles. The van der Waals surface area contributed by atoms with Gasteiger partial charge in [0.1, 0.15) is 5.75 Å². The van der Waals surface area contributed by atoms with Crippen LogP contribution in [0.3, 0.4) is 0 Å². The first kappa shape index (κ1) is 12.4. The van der Waals surface area contributed by atoms with E-state index in [1.54, 1.807) is 7.11 Å². The van der Waals surface area contributed by atoms with Crippen molar-refractivity contribution in [1.82, 2.24) is 5.32 Å². The molecule has 3 heteroatoms. The zero-order valence-corrected chi connectivity index (χ0v) is 10.6. The number of ether oxygens (including phenoxy) is 2. The van der Waals surface area contributed by atoms with Crippen LogP contribution in [0.2, 0.25) is 0 Å². The van der Waals surface area contributed by atoms with Gasteiger partial charge in [-0.05, 0) is 25.8 Å². The van der Waals surface area contributed by atoms with Crippen molar-refractivity contribution in [2.45, 2.75) is 38.5 Å². The molecule has 1 aromatic rings. The highest BCUT2D eigenvalue weighted by Crippen LogP contribution is 2.18. The summed E-state index contributed by atoms with van der Waals surface area (Å²) < 4.78 is 10.9. The van der Waals surface area contributed by atoms with Gasteiger partial charge in [-0.2, -0.15) is 0 Å². The first-order valence-corrected chi connectivity index (χ1v) is 6.26. The summed E-state index contributed by atoms with van der Waals surface area (Å²) in [6, 6.07) is 8.71. The third kappa shape index (κ3) is 3.45. The maximum absolute atomic E-state index is 5.54. The fourth-order valence-corrected chi connectivity index (χ4v) is 2.29. The Bertz CT molecular complexity index is 354. The van der Waals surface area contributed by atoms with E-state index in [9.17, 15) is 0 Å². The van der Waals surface area contributed by atoms with Crippen LogP contribution in [0.5, 0.6) is 5.75 Å². The fraction of sp³-hybridized carbons (Fsp3) is 0.571. The second-order valence-corrected chi connectivity index (χ2v) is 4.60. The number of hydrogen-bond donors (Lipinski definition) is 1. The largest absolute Gasteiger partial charge is 0.496 e. The molecule has 3 nitrogen and oxygen atoms in total. The van der Waals surface area contributed by atoms with E-state index in [-0.39, 0.29) is 0 Å². The molecule has 0 amide bonds. The molecule has 1 heterocycles. The number of rotatable bonds is 4. The number of hydrogen-bond acceptors (Lipinski definition) is 3. The molecule has 1 N–H and O–H groups in total. The SMILES string of the molecule is COc1ccccc1CNC1CCOC(C)C1. The molecule has 2 atom stereocenters. The monoisotopic (exact) mass is 235 g/mol. The van der Waals surface area contributed by atoms with Gasteiger partial charge in [0.15, 0.2) is 0 Å². The van der Waals surface area contributed by atoms with Crippen LogP contribution in [0.15, 0.2) is 24.3 Å². The number of nitrogens with one attached hydrogen (secondary N) is 1. The molecule has 1 aliphatic heterocycles. The molecule has 94 valence electrons. The summed E-state index contributed by atoms with van der Waals surface area (Å²) in [5.74, 6) is 0.958. The van der Waals surface area contributed by atoms with E-state index in [1.165, 1.54) is 5.56 Å². The van der Waals surface area contributed by atoms with Gasteiger partial charge in [-0.25, -0.2) is 0 Å². The lowest BCUT2D eigenvalue weighted by Gasteiger charge is -2.28. The van der Waals surface area contributed by atoms with Crippen LogP contribution in [0.25, 0.3) is 0 Å². The minimum Gasteiger partial charge on any atom is -0.496 e. The van der Waals surface area contributed by atoms with E-state index >= 15 is 0 Å². The van der Waals surface area contributed by atoms with Crippen LogP contribution in [0.4, 0.5) is 0 Å². The van der Waals surface area contributed by atoms with Gasteiger partial charge in [0.05, 0.1) is 13.2 Å². The fourth-order valence-electron chi connectivity index (χ4n) is 2.29. The Kier molecular flexibility index (Phi) is 4.40. The minimum absolute atomic E-state index is 0.374. The zero-order valence-electron chi connectivity index (χ0n) is 10.6. The predicted molar refractivity (Wildman–Crippen MR) is 68.3 cm³/mol. The van der Waals surface area contributed by atoms with Crippen LogP contribution in [-0.4, -0.2) is 25.9 Å². The van der Waals surface area contributed by atoms with Crippen LogP contribution in [-0.2, 0) is 11.3 Å². The Morgan fingerprint density at radius 1 is 1.41 bits per heavy atom. The van der Waals surface area contributed by atoms with Gasteiger partial charge in [-0.3, -0.25) is 0 Å². The highest BCUT2D eigenvalue weighted by molar-refractivity contribution is 5.33. The van der Waals surface area contributed by atoms with Crippen molar-refractivity contribution >= 4 is 0 Å². The Labute approximate surface area is 103 Å². The van der Waals surface area contributed by atoms with Gasteiger partial charge in [-0.15, -0.1) is 0 Å². The van der Waals surface area contributed by atoms with Crippen LogP contribution in [0.1, 0.15) is 25.3 Å². The molecule has 0 bridgehead atoms. The zero-order chi connectivity index (χ0) is 12.1. The molecule has 0 radical (unpaired) electrons. The van der Waals surface area contributed by atoms with Gasteiger partial charge >= 0.3 is 0 Å². The highest BCUT2D eigenvalue weighted by atomic mass is 16.5. The summed E-state index contributed by atoms with van der Waals surface area (Å²) in [7, 11) is 1.72. The highest BCUT2D eigenvalue weighted by Gasteiger charge is 2.18. The van der Waals surface area contributed by atoms with E-state index in [0.29, 0.717) is 12.1 Å². The van der Waals surface area contributed by atoms with Crippen LogP contribution >= 0.6 is 0 Å². The Morgan fingerprint density at radius 3 is 3.00 bits per heavy atom. The lowest BCUT2D eigenvalue weighted by molar-refractivity contribution is 0.0130. The van der Waals surface area contributed by atoms with Crippen molar-refractivity contribution in [2.24, 2.45) is 0 Å². The molecule has 1 saturated heterocycles. The standard InChI is InChI=1S/C14H21NO2/c1-11-9-13(7-8-17-11)15-10-12-5-3-4-6-14(12)16-2/h3-6,11,13,15H,7-10H2,1-2H3. The molecule has 2 rings (SSSR count). The van der Waals surface area contributed by atoms with Crippen molar-refractivity contribution in [3.63, 3.8) is 0 Å². The maximum Gasteiger partial charge on any atom is 0.123 e. The van der Waals surface area contributed by atoms with E-state index in [0.717, 1.165) is 31.7 Å². The summed E-state index contributed by atoms with van der Waals surface area (Å²) in [5, 5.41) is 3.58. The summed E-state index contributed by atoms with van der Waals surface area (Å²) in [5.41, 5.74) is 1.22. The van der Waals surface area contributed by atoms with Crippen molar-refractivity contribution in [2.75, 3.05) is 13.7 Å². The van der Waals surface area contributed by atoms with Crippen molar-refractivity contribution in [3.05, 3.63) is 29.8 Å². The Morgan fingerprint density at radius 2 is 2.24 bits per heavy atom. The average molecular weight is 235 g/mol. The van der Waals surface area contributed by atoms with Crippen molar-refractivity contribution < 1.29 is 9.47 Å². The molecule has 0 spiro atoms. The predicted octanol–water partition coefficient (Wildman–Crippen LogP) is 2.35. The maximum atomic E-state index is 5.54. The lowest BCUT2D eigenvalue weighted by Crippen LogP contribution is -2.37. The molecule has 1 fully saturated rings. The second-order valence-electron chi connectivity index (χ2n) is 4.60. The van der Waals surface area contributed by atoms with Gasteiger partial charge in [0.25, 0.3) is 0 Å². The second kappa shape index (κ2) is 6.03. The van der Waals surface area contributed by atoms with Crippen LogP contribution in [0, 0.1) is 0 Å². The van der Waals surface area contributed by atoms with E-state index in [1.807, 2.05) is 18.2 Å². The Hall–Kier alpha value is -1.06. The number of benzene rings is 1. The molecule has 0 saturated carbocycles. The summed E-state index contributed by atoms with van der Waals surface area (Å²) in [4.78, 5) is 0. The average Bonchev–Trinajstić information content (AvgIpc) is 2.37. The summed E-state index contributed by atoms with van der Waals surface area (Å²) >= 11 is 0. The summed E-state index contributed by atoms with van der Waals surface area (Å²) in [6.07, 6.45) is 2.56. The van der Waals surface area contributed by atoms with Gasteiger partial charge < -0.3 is 14.8 Å². The first-order chi connectivity index (χ1) is 8.29. The Balaban J connectivity index is 1.88. The molecule has 17 heavy (non-hydrogen) atoms. The van der Waals surface area contributed by atoms with Gasteiger partial charge in [-0.1, -0.05) is 18.2 Å². The minimum atomic E-state index is 0.374. The smallest absolute Gasteiger partial charge is 0.123 e. The molecule has 0 aromatic heterocycles. The molecule has 0 aliphatic carbocycles. The molecular formula is C14H21NO2. The van der Waals surface area contributed by atoms with Crippen molar-refractivity contribution in [1.29, 1.82) is 0 Å². The normalized spacial score (nSPS) is 24.6. The van der Waals surface area contributed by atoms with Crippen LogP contribution < -0.4 is 10.1 Å². The van der Waals surface area contributed by atoms with Gasteiger partial charge in [0, 0.05) is 24.8 Å². The van der Waals surface area contributed by atoms with E-state index in [2.05, 4.69) is 18.3 Å².